The van der Waals surface area contributed by atoms with E-state index in [0.717, 1.165) is 21.9 Å². The zero-order valence-corrected chi connectivity index (χ0v) is 12.5. The molecule has 3 rings (SSSR count). The standard InChI is InChI=1S/C18H19NO3/c1-22-17-10-6-5-9-14(17)15-12-18(20)19(21)16(15)11-13-7-3-2-4-8-13/h2-10,15-16,21H,11-12H2,1H3/t15-,16+/m1/s1. The molecular formula is C18H19NO3. The topological polar surface area (TPSA) is 49.8 Å². The number of rotatable bonds is 4. The lowest BCUT2D eigenvalue weighted by Crippen LogP contribution is -2.33. The Morgan fingerprint density at radius 1 is 1.14 bits per heavy atom. The number of nitrogens with zero attached hydrogens (tertiary/aromatic N) is 1. The molecule has 2 atom stereocenters. The number of para-hydroxylation sites is 1. The van der Waals surface area contributed by atoms with Gasteiger partial charge in [0.15, 0.2) is 0 Å². The second-order valence-corrected chi connectivity index (χ2v) is 5.55. The summed E-state index contributed by atoms with van der Waals surface area (Å²) in [6.45, 7) is 0. The third kappa shape index (κ3) is 2.70. The van der Waals surface area contributed by atoms with Crippen molar-refractivity contribution in [3.8, 4) is 5.75 Å². The molecule has 1 N–H and O–H groups in total. The first kappa shape index (κ1) is 14.6. The number of hydrogen-bond donors (Lipinski definition) is 1. The van der Waals surface area contributed by atoms with Crippen molar-refractivity contribution in [2.75, 3.05) is 7.11 Å². The van der Waals surface area contributed by atoms with Gasteiger partial charge in [-0.3, -0.25) is 10.0 Å². The van der Waals surface area contributed by atoms with Gasteiger partial charge in [-0.2, -0.15) is 0 Å². The van der Waals surface area contributed by atoms with Gasteiger partial charge in [0, 0.05) is 12.3 Å². The molecule has 1 amide bonds. The van der Waals surface area contributed by atoms with E-state index in [-0.39, 0.29) is 17.9 Å². The molecule has 0 aromatic heterocycles. The van der Waals surface area contributed by atoms with Crippen LogP contribution >= 0.6 is 0 Å². The van der Waals surface area contributed by atoms with Gasteiger partial charge < -0.3 is 4.74 Å². The zero-order chi connectivity index (χ0) is 15.5. The molecule has 0 saturated carbocycles. The molecular weight excluding hydrogens is 278 g/mol. The van der Waals surface area contributed by atoms with Crippen molar-refractivity contribution in [2.24, 2.45) is 0 Å². The Morgan fingerprint density at radius 3 is 2.55 bits per heavy atom. The van der Waals surface area contributed by atoms with E-state index in [0.29, 0.717) is 12.8 Å². The van der Waals surface area contributed by atoms with E-state index >= 15 is 0 Å². The number of ether oxygens (including phenoxy) is 1. The first-order chi connectivity index (χ1) is 10.7. The molecule has 2 aromatic rings. The molecule has 0 aliphatic carbocycles. The maximum Gasteiger partial charge on any atom is 0.246 e. The second kappa shape index (κ2) is 6.20. The van der Waals surface area contributed by atoms with Gasteiger partial charge in [0.25, 0.3) is 0 Å². The highest BCUT2D eigenvalue weighted by molar-refractivity contribution is 5.79. The summed E-state index contributed by atoms with van der Waals surface area (Å²) in [4.78, 5) is 12.0. The van der Waals surface area contributed by atoms with Crippen LogP contribution in [0.3, 0.4) is 0 Å². The van der Waals surface area contributed by atoms with Crippen LogP contribution in [-0.2, 0) is 11.2 Å². The van der Waals surface area contributed by atoms with Gasteiger partial charge in [-0.25, -0.2) is 5.06 Å². The highest BCUT2D eigenvalue weighted by Gasteiger charge is 2.41. The van der Waals surface area contributed by atoms with Crippen LogP contribution in [0, 0.1) is 0 Å². The molecule has 2 aromatic carbocycles. The van der Waals surface area contributed by atoms with E-state index < -0.39 is 0 Å². The maximum absolute atomic E-state index is 12.0. The zero-order valence-electron chi connectivity index (χ0n) is 12.5. The smallest absolute Gasteiger partial charge is 0.246 e. The lowest BCUT2D eigenvalue weighted by molar-refractivity contribution is -0.165. The molecule has 1 fully saturated rings. The van der Waals surface area contributed by atoms with Crippen molar-refractivity contribution in [1.82, 2.24) is 5.06 Å². The summed E-state index contributed by atoms with van der Waals surface area (Å²) >= 11 is 0. The van der Waals surface area contributed by atoms with Gasteiger partial charge in [-0.05, 0) is 23.6 Å². The van der Waals surface area contributed by atoms with Crippen LogP contribution in [0.15, 0.2) is 54.6 Å². The Bertz CT molecular complexity index is 656. The predicted octanol–water partition coefficient (Wildman–Crippen LogP) is 3.01. The molecule has 4 heteroatoms. The maximum atomic E-state index is 12.0. The number of carbonyl (C=O) groups excluding carboxylic acids is 1. The van der Waals surface area contributed by atoms with Crippen LogP contribution in [0.1, 0.15) is 23.5 Å². The monoisotopic (exact) mass is 297 g/mol. The number of amides is 1. The van der Waals surface area contributed by atoms with Crippen molar-refractivity contribution < 1.29 is 14.7 Å². The summed E-state index contributed by atoms with van der Waals surface area (Å²) in [5.74, 6) is 0.444. The fourth-order valence-corrected chi connectivity index (χ4v) is 3.15. The highest BCUT2D eigenvalue weighted by Crippen LogP contribution is 2.39. The molecule has 22 heavy (non-hydrogen) atoms. The van der Waals surface area contributed by atoms with Gasteiger partial charge in [-0.1, -0.05) is 48.5 Å². The van der Waals surface area contributed by atoms with Gasteiger partial charge in [-0.15, -0.1) is 0 Å². The summed E-state index contributed by atoms with van der Waals surface area (Å²) < 4.78 is 5.42. The van der Waals surface area contributed by atoms with Crippen LogP contribution in [0.5, 0.6) is 5.75 Å². The summed E-state index contributed by atoms with van der Waals surface area (Å²) in [5, 5.41) is 11.1. The van der Waals surface area contributed by atoms with Crippen molar-refractivity contribution in [3.63, 3.8) is 0 Å². The molecule has 0 bridgehead atoms. The number of benzene rings is 2. The fourth-order valence-electron chi connectivity index (χ4n) is 3.15. The SMILES string of the molecule is COc1ccccc1[C@H]1CC(=O)N(O)[C@H]1Cc1ccccc1. The average Bonchev–Trinajstić information content (AvgIpc) is 2.84. The minimum atomic E-state index is -0.272. The highest BCUT2D eigenvalue weighted by atomic mass is 16.5. The quantitative estimate of drug-likeness (QED) is 0.883. The fraction of sp³-hybridized carbons (Fsp3) is 0.278. The van der Waals surface area contributed by atoms with E-state index in [1.807, 2.05) is 54.6 Å². The van der Waals surface area contributed by atoms with E-state index in [2.05, 4.69) is 0 Å². The molecule has 0 unspecified atom stereocenters. The summed E-state index contributed by atoms with van der Waals surface area (Å²) in [5.41, 5.74) is 2.07. The van der Waals surface area contributed by atoms with Gasteiger partial charge >= 0.3 is 0 Å². The van der Waals surface area contributed by atoms with Crippen molar-refractivity contribution in [2.45, 2.75) is 24.8 Å². The minimum Gasteiger partial charge on any atom is -0.496 e. The molecule has 0 spiro atoms. The van der Waals surface area contributed by atoms with E-state index in [4.69, 9.17) is 4.74 Å². The molecule has 0 radical (unpaired) electrons. The summed E-state index contributed by atoms with van der Waals surface area (Å²) in [6, 6.07) is 17.3. The first-order valence-corrected chi connectivity index (χ1v) is 7.38. The Kier molecular flexibility index (Phi) is 4.11. The molecule has 1 heterocycles. The molecule has 1 saturated heterocycles. The van der Waals surface area contributed by atoms with Crippen molar-refractivity contribution in [3.05, 3.63) is 65.7 Å². The Labute approximate surface area is 129 Å². The average molecular weight is 297 g/mol. The van der Waals surface area contributed by atoms with Crippen molar-refractivity contribution in [1.29, 1.82) is 0 Å². The summed E-state index contributed by atoms with van der Waals surface area (Å²) in [7, 11) is 1.62. The summed E-state index contributed by atoms with van der Waals surface area (Å²) in [6.07, 6.45) is 0.917. The van der Waals surface area contributed by atoms with Crippen LogP contribution < -0.4 is 4.74 Å². The normalized spacial score (nSPS) is 21.2. The second-order valence-electron chi connectivity index (χ2n) is 5.55. The molecule has 1 aliphatic heterocycles. The van der Waals surface area contributed by atoms with Crippen LogP contribution in [0.2, 0.25) is 0 Å². The first-order valence-electron chi connectivity index (χ1n) is 7.38. The van der Waals surface area contributed by atoms with E-state index in [1.165, 1.54) is 0 Å². The third-order valence-electron chi connectivity index (χ3n) is 4.25. The predicted molar refractivity (Wildman–Crippen MR) is 82.9 cm³/mol. The lowest BCUT2D eigenvalue weighted by atomic mass is 9.87. The molecule has 1 aliphatic rings. The van der Waals surface area contributed by atoms with E-state index in [1.54, 1.807) is 7.11 Å². The molecule has 4 nitrogen and oxygen atoms in total. The van der Waals surface area contributed by atoms with Crippen molar-refractivity contribution >= 4 is 5.91 Å². The number of methoxy groups -OCH3 is 1. The third-order valence-corrected chi connectivity index (χ3v) is 4.25. The van der Waals surface area contributed by atoms with Gasteiger partial charge in [0.2, 0.25) is 5.91 Å². The van der Waals surface area contributed by atoms with Crippen LogP contribution in [-0.4, -0.2) is 29.3 Å². The van der Waals surface area contributed by atoms with E-state index in [9.17, 15) is 10.0 Å². The van der Waals surface area contributed by atoms with Gasteiger partial charge in [0.05, 0.1) is 13.2 Å². The lowest BCUT2D eigenvalue weighted by Gasteiger charge is -2.24. The Morgan fingerprint density at radius 2 is 1.82 bits per heavy atom. The largest absolute Gasteiger partial charge is 0.496 e. The Hall–Kier alpha value is -2.33. The number of carbonyl (C=O) groups is 1. The molecule has 114 valence electrons. The number of hydroxylamine groups is 2. The van der Waals surface area contributed by atoms with Crippen LogP contribution in [0.25, 0.3) is 0 Å². The number of hydrogen-bond acceptors (Lipinski definition) is 3. The van der Waals surface area contributed by atoms with Crippen LogP contribution in [0.4, 0.5) is 0 Å². The minimum absolute atomic E-state index is 0.0751. The Balaban J connectivity index is 1.93. The van der Waals surface area contributed by atoms with Gasteiger partial charge in [0.1, 0.15) is 5.75 Å².